The maximum Gasteiger partial charge on any atom is 0.416 e. The van der Waals surface area contributed by atoms with E-state index in [1.807, 2.05) is 5.32 Å². The molecule has 0 saturated heterocycles. The first-order chi connectivity index (χ1) is 11.9. The third-order valence-corrected chi connectivity index (χ3v) is 3.35. The van der Waals surface area contributed by atoms with E-state index < -0.39 is 47.0 Å². The van der Waals surface area contributed by atoms with Crippen molar-refractivity contribution in [1.29, 1.82) is 0 Å². The van der Waals surface area contributed by atoms with Gasteiger partial charge in [-0.15, -0.1) is 6.58 Å². The minimum absolute atomic E-state index is 0.0574. The van der Waals surface area contributed by atoms with Crippen LogP contribution in [-0.4, -0.2) is 23.0 Å². The first kappa shape index (κ1) is 21.5. The standard InChI is InChI=1S/C16H15F6NO3/c1-2-3-4-5-12(14(25)26)23-13(24)9-6-10(15(17,18)19)8-11(7-9)16(20,21)22/h2,6-8,12H,1,3-5H2,(H,23,24)(H,25,26)/t12-/m0/s1. The van der Waals surface area contributed by atoms with Gasteiger partial charge in [0.05, 0.1) is 11.1 Å². The SMILES string of the molecule is C=CCCC[C@H](NC(=O)c1cc(C(F)(F)F)cc(C(F)(F)F)c1)C(=O)O. The van der Waals surface area contributed by atoms with E-state index in [1.165, 1.54) is 6.08 Å². The second-order valence-electron chi connectivity index (χ2n) is 5.38. The third-order valence-electron chi connectivity index (χ3n) is 3.35. The molecule has 0 unspecified atom stereocenters. The highest BCUT2D eigenvalue weighted by atomic mass is 19.4. The van der Waals surface area contributed by atoms with Gasteiger partial charge in [0.25, 0.3) is 5.91 Å². The van der Waals surface area contributed by atoms with Crippen LogP contribution in [0.3, 0.4) is 0 Å². The summed E-state index contributed by atoms with van der Waals surface area (Å²) in [5, 5.41) is 11.0. The molecule has 1 aromatic rings. The molecule has 0 aliphatic carbocycles. The minimum Gasteiger partial charge on any atom is -0.480 e. The van der Waals surface area contributed by atoms with Crippen LogP contribution in [0.1, 0.15) is 40.7 Å². The Kier molecular flexibility index (Phi) is 6.82. The molecule has 1 aromatic carbocycles. The lowest BCUT2D eigenvalue weighted by Crippen LogP contribution is -2.40. The van der Waals surface area contributed by atoms with E-state index in [0.29, 0.717) is 12.8 Å². The molecule has 0 spiro atoms. The van der Waals surface area contributed by atoms with E-state index in [0.717, 1.165) is 0 Å². The van der Waals surface area contributed by atoms with Gasteiger partial charge in [0.2, 0.25) is 0 Å². The number of unbranched alkanes of at least 4 members (excludes halogenated alkanes) is 1. The van der Waals surface area contributed by atoms with E-state index in [9.17, 15) is 35.9 Å². The van der Waals surface area contributed by atoms with Crippen LogP contribution < -0.4 is 5.32 Å². The van der Waals surface area contributed by atoms with Crippen molar-refractivity contribution in [3.8, 4) is 0 Å². The van der Waals surface area contributed by atoms with Crippen LogP contribution in [0.5, 0.6) is 0 Å². The Morgan fingerprint density at radius 1 is 1.08 bits per heavy atom. The summed E-state index contributed by atoms with van der Waals surface area (Å²) in [6.45, 7) is 3.43. The Balaban J connectivity index is 3.17. The lowest BCUT2D eigenvalue weighted by Gasteiger charge is -2.17. The van der Waals surface area contributed by atoms with E-state index in [-0.39, 0.29) is 24.6 Å². The molecule has 0 bridgehead atoms. The average Bonchev–Trinajstić information content (AvgIpc) is 2.51. The summed E-state index contributed by atoms with van der Waals surface area (Å²) < 4.78 is 76.8. The highest BCUT2D eigenvalue weighted by Gasteiger charge is 2.37. The van der Waals surface area contributed by atoms with Crippen LogP contribution >= 0.6 is 0 Å². The first-order valence-electron chi connectivity index (χ1n) is 7.30. The molecule has 4 nitrogen and oxygen atoms in total. The Morgan fingerprint density at radius 3 is 1.96 bits per heavy atom. The molecular formula is C16H15F6NO3. The van der Waals surface area contributed by atoms with Crippen molar-refractivity contribution >= 4 is 11.9 Å². The number of carboxylic acids is 1. The number of halogens is 6. The predicted molar refractivity (Wildman–Crippen MR) is 79.4 cm³/mol. The molecule has 0 aliphatic rings. The summed E-state index contributed by atoms with van der Waals surface area (Å²) in [7, 11) is 0. The molecule has 0 heterocycles. The summed E-state index contributed by atoms with van der Waals surface area (Å²) in [5.74, 6) is -2.79. The minimum atomic E-state index is -5.10. The number of rotatable bonds is 7. The number of alkyl halides is 6. The summed E-state index contributed by atoms with van der Waals surface area (Å²) in [4.78, 5) is 23.1. The molecule has 2 N–H and O–H groups in total. The van der Waals surface area contributed by atoms with Crippen LogP contribution in [-0.2, 0) is 17.1 Å². The molecule has 0 aliphatic heterocycles. The largest absolute Gasteiger partial charge is 0.480 e. The summed E-state index contributed by atoms with van der Waals surface area (Å²) in [5.41, 5.74) is -4.24. The summed E-state index contributed by atoms with van der Waals surface area (Å²) >= 11 is 0. The van der Waals surface area contributed by atoms with E-state index >= 15 is 0 Å². The third kappa shape index (κ3) is 6.08. The first-order valence-corrected chi connectivity index (χ1v) is 7.30. The van der Waals surface area contributed by atoms with E-state index in [4.69, 9.17) is 5.11 Å². The second-order valence-corrected chi connectivity index (χ2v) is 5.38. The maximum atomic E-state index is 12.8. The highest BCUT2D eigenvalue weighted by Crippen LogP contribution is 2.36. The fourth-order valence-electron chi connectivity index (χ4n) is 2.05. The molecule has 1 amide bonds. The number of hydrogen-bond donors (Lipinski definition) is 2. The summed E-state index contributed by atoms with van der Waals surface area (Å²) in [6.07, 6.45) is -8.02. The molecule has 1 rings (SSSR count). The van der Waals surface area contributed by atoms with E-state index in [1.54, 1.807) is 0 Å². The Bertz CT molecular complexity index is 649. The number of amides is 1. The van der Waals surface area contributed by atoms with Gasteiger partial charge in [0.15, 0.2) is 0 Å². The normalized spacial score (nSPS) is 13.2. The number of aliphatic carboxylic acids is 1. The van der Waals surface area contributed by atoms with Crippen LogP contribution in [0.2, 0.25) is 0 Å². The van der Waals surface area contributed by atoms with Gasteiger partial charge in [-0.3, -0.25) is 4.79 Å². The lowest BCUT2D eigenvalue weighted by atomic mass is 10.0. The number of nitrogens with one attached hydrogen (secondary N) is 1. The van der Waals surface area contributed by atoms with Crippen molar-refractivity contribution in [2.45, 2.75) is 37.7 Å². The monoisotopic (exact) mass is 383 g/mol. The topological polar surface area (TPSA) is 66.4 Å². The van der Waals surface area contributed by atoms with Gasteiger partial charge in [-0.25, -0.2) is 4.79 Å². The zero-order chi connectivity index (χ0) is 20.1. The molecule has 1 atom stereocenters. The zero-order valence-electron chi connectivity index (χ0n) is 13.2. The van der Waals surface area contributed by atoms with Gasteiger partial charge in [0.1, 0.15) is 6.04 Å². The van der Waals surface area contributed by atoms with Crippen molar-refractivity contribution in [2.24, 2.45) is 0 Å². The van der Waals surface area contributed by atoms with Crippen LogP contribution in [0.4, 0.5) is 26.3 Å². The lowest BCUT2D eigenvalue weighted by molar-refractivity contribution is -0.143. The smallest absolute Gasteiger partial charge is 0.416 e. The number of hydrogen-bond acceptors (Lipinski definition) is 2. The fourth-order valence-corrected chi connectivity index (χ4v) is 2.05. The van der Waals surface area contributed by atoms with Gasteiger partial charge in [-0.05, 0) is 37.5 Å². The number of carbonyl (C=O) groups excluding carboxylic acids is 1. The average molecular weight is 383 g/mol. The maximum absolute atomic E-state index is 12.8. The van der Waals surface area contributed by atoms with Gasteiger partial charge in [-0.1, -0.05) is 6.08 Å². The number of benzene rings is 1. The van der Waals surface area contributed by atoms with Crippen molar-refractivity contribution in [1.82, 2.24) is 5.32 Å². The Labute approximate surface area is 144 Å². The Hall–Kier alpha value is -2.52. The van der Waals surface area contributed by atoms with Gasteiger partial charge in [0, 0.05) is 5.56 Å². The van der Waals surface area contributed by atoms with Crippen LogP contribution in [0.25, 0.3) is 0 Å². The molecular weight excluding hydrogens is 368 g/mol. The Morgan fingerprint density at radius 2 is 1.58 bits per heavy atom. The zero-order valence-corrected chi connectivity index (χ0v) is 13.2. The number of carbonyl (C=O) groups is 2. The summed E-state index contributed by atoms with van der Waals surface area (Å²) in [6, 6.07) is -1.08. The molecule has 26 heavy (non-hydrogen) atoms. The number of allylic oxidation sites excluding steroid dienone is 1. The van der Waals surface area contributed by atoms with E-state index in [2.05, 4.69) is 6.58 Å². The van der Waals surface area contributed by atoms with Crippen molar-refractivity contribution in [3.05, 3.63) is 47.5 Å². The number of carboxylic acid groups (broad SMARTS) is 1. The molecule has 0 fully saturated rings. The quantitative estimate of drug-likeness (QED) is 0.420. The molecule has 10 heteroatoms. The molecule has 144 valence electrons. The van der Waals surface area contributed by atoms with Gasteiger partial charge < -0.3 is 10.4 Å². The predicted octanol–water partition coefficient (Wildman–Crippen LogP) is 4.26. The molecule has 0 aromatic heterocycles. The van der Waals surface area contributed by atoms with Gasteiger partial charge >= 0.3 is 18.3 Å². The highest BCUT2D eigenvalue weighted by molar-refractivity contribution is 5.97. The van der Waals surface area contributed by atoms with Gasteiger partial charge in [-0.2, -0.15) is 26.3 Å². The van der Waals surface area contributed by atoms with Crippen molar-refractivity contribution < 1.29 is 41.0 Å². The van der Waals surface area contributed by atoms with Crippen molar-refractivity contribution in [3.63, 3.8) is 0 Å². The molecule has 0 radical (unpaired) electrons. The van der Waals surface area contributed by atoms with Crippen LogP contribution in [0, 0.1) is 0 Å². The molecule has 0 saturated carbocycles. The van der Waals surface area contributed by atoms with Crippen LogP contribution in [0.15, 0.2) is 30.9 Å². The second kappa shape index (κ2) is 8.24. The fraction of sp³-hybridized carbons (Fsp3) is 0.375. The van der Waals surface area contributed by atoms with Crippen molar-refractivity contribution in [2.75, 3.05) is 0 Å².